The molecule has 1 saturated heterocycles. The number of piperidine rings is 1. The van der Waals surface area contributed by atoms with Crippen molar-refractivity contribution in [1.82, 2.24) is 9.62 Å². The second kappa shape index (κ2) is 6.03. The first-order valence-corrected chi connectivity index (χ1v) is 8.22. The van der Waals surface area contributed by atoms with E-state index in [0.717, 1.165) is 30.5 Å². The minimum atomic E-state index is -3.20. The van der Waals surface area contributed by atoms with Crippen LogP contribution >= 0.6 is 0 Å². The average Bonchev–Trinajstić information content (AvgIpc) is 2.39. The van der Waals surface area contributed by atoms with E-state index in [2.05, 4.69) is 5.32 Å². The molecule has 5 heteroatoms. The van der Waals surface area contributed by atoms with Crippen molar-refractivity contribution in [1.29, 1.82) is 0 Å². The van der Waals surface area contributed by atoms with E-state index in [0.29, 0.717) is 13.1 Å². The van der Waals surface area contributed by atoms with Crippen molar-refractivity contribution < 1.29 is 8.42 Å². The fourth-order valence-electron chi connectivity index (χ4n) is 2.49. The molecule has 1 aliphatic heterocycles. The molecule has 1 heterocycles. The second-order valence-corrected chi connectivity index (χ2v) is 7.58. The third-order valence-electron chi connectivity index (χ3n) is 3.60. The zero-order valence-corrected chi connectivity index (χ0v) is 12.4. The van der Waals surface area contributed by atoms with Gasteiger partial charge in [-0.1, -0.05) is 29.8 Å². The number of rotatable bonds is 4. The van der Waals surface area contributed by atoms with E-state index in [1.165, 1.54) is 4.31 Å². The van der Waals surface area contributed by atoms with E-state index in [1.807, 2.05) is 31.2 Å². The van der Waals surface area contributed by atoms with Crippen LogP contribution in [0.25, 0.3) is 0 Å². The van der Waals surface area contributed by atoms with E-state index in [4.69, 9.17) is 0 Å². The highest BCUT2D eigenvalue weighted by molar-refractivity contribution is 7.89. The number of aryl methyl sites for hydroxylation is 1. The monoisotopic (exact) mass is 282 g/mol. The van der Waals surface area contributed by atoms with Crippen molar-refractivity contribution in [2.75, 3.05) is 20.1 Å². The van der Waals surface area contributed by atoms with Crippen LogP contribution < -0.4 is 5.32 Å². The highest BCUT2D eigenvalue weighted by Gasteiger charge is 2.30. The van der Waals surface area contributed by atoms with Crippen molar-refractivity contribution in [2.24, 2.45) is 0 Å². The van der Waals surface area contributed by atoms with Crippen LogP contribution in [-0.4, -0.2) is 38.1 Å². The molecule has 0 spiro atoms. The van der Waals surface area contributed by atoms with Crippen LogP contribution in [0.1, 0.15) is 24.0 Å². The second-order valence-electron chi connectivity index (χ2n) is 5.26. The highest BCUT2D eigenvalue weighted by atomic mass is 32.2. The fourth-order valence-corrected chi connectivity index (χ4v) is 4.12. The van der Waals surface area contributed by atoms with Crippen molar-refractivity contribution in [2.45, 2.75) is 31.6 Å². The van der Waals surface area contributed by atoms with Crippen LogP contribution in [-0.2, 0) is 16.6 Å². The molecule has 1 unspecified atom stereocenters. The van der Waals surface area contributed by atoms with Gasteiger partial charge in [0, 0.05) is 20.1 Å². The first kappa shape index (κ1) is 14.5. The summed E-state index contributed by atoms with van der Waals surface area (Å²) in [5, 5.41) is 2.88. The first-order valence-electron chi connectivity index (χ1n) is 6.71. The molecule has 0 aliphatic carbocycles. The third-order valence-corrected chi connectivity index (χ3v) is 5.84. The Morgan fingerprint density at radius 3 is 2.84 bits per heavy atom. The Morgan fingerprint density at radius 1 is 1.42 bits per heavy atom. The van der Waals surface area contributed by atoms with Crippen molar-refractivity contribution in [3.05, 3.63) is 35.4 Å². The normalized spacial score (nSPS) is 20.7. The molecule has 1 fully saturated rings. The SMILES string of the molecule is Cc1cccc(CN(C)S(=O)(=O)C2CCCNC2)c1. The van der Waals surface area contributed by atoms with Crippen LogP contribution in [0.2, 0.25) is 0 Å². The van der Waals surface area contributed by atoms with Gasteiger partial charge in [0.25, 0.3) is 0 Å². The summed E-state index contributed by atoms with van der Waals surface area (Å²) in [6.07, 6.45) is 1.69. The van der Waals surface area contributed by atoms with E-state index in [-0.39, 0.29) is 5.25 Å². The van der Waals surface area contributed by atoms with E-state index >= 15 is 0 Å². The number of benzene rings is 1. The molecule has 2 rings (SSSR count). The standard InChI is InChI=1S/C14H22N2O2S/c1-12-5-3-6-13(9-12)11-16(2)19(17,18)14-7-4-8-15-10-14/h3,5-6,9,14-15H,4,7-8,10-11H2,1-2H3. The molecule has 1 aromatic carbocycles. The van der Waals surface area contributed by atoms with Crippen molar-refractivity contribution >= 4 is 10.0 Å². The maximum Gasteiger partial charge on any atom is 0.218 e. The maximum atomic E-state index is 12.5. The molecule has 1 N–H and O–H groups in total. The zero-order chi connectivity index (χ0) is 13.9. The molecule has 0 bridgehead atoms. The summed E-state index contributed by atoms with van der Waals surface area (Å²) in [5.74, 6) is 0. The number of hydrogen-bond acceptors (Lipinski definition) is 3. The summed E-state index contributed by atoms with van der Waals surface area (Å²) in [6.45, 7) is 3.96. The van der Waals surface area contributed by atoms with Crippen LogP contribution in [0.15, 0.2) is 24.3 Å². The Bertz CT molecular complexity index is 522. The van der Waals surface area contributed by atoms with E-state index in [1.54, 1.807) is 7.05 Å². The molecule has 19 heavy (non-hydrogen) atoms. The minimum Gasteiger partial charge on any atom is -0.315 e. The molecule has 4 nitrogen and oxygen atoms in total. The number of sulfonamides is 1. The molecule has 0 aromatic heterocycles. The topological polar surface area (TPSA) is 49.4 Å². The van der Waals surface area contributed by atoms with Crippen LogP contribution in [0.5, 0.6) is 0 Å². The zero-order valence-electron chi connectivity index (χ0n) is 11.6. The molecule has 0 amide bonds. The largest absolute Gasteiger partial charge is 0.315 e. The Morgan fingerprint density at radius 2 is 2.21 bits per heavy atom. The van der Waals surface area contributed by atoms with Gasteiger partial charge in [-0.05, 0) is 31.9 Å². The van der Waals surface area contributed by atoms with Gasteiger partial charge in [0.05, 0.1) is 5.25 Å². The molecule has 0 radical (unpaired) electrons. The highest BCUT2D eigenvalue weighted by Crippen LogP contribution is 2.17. The fraction of sp³-hybridized carbons (Fsp3) is 0.571. The van der Waals surface area contributed by atoms with Crippen molar-refractivity contribution in [3.63, 3.8) is 0 Å². The maximum absolute atomic E-state index is 12.5. The summed E-state index contributed by atoms with van der Waals surface area (Å²) >= 11 is 0. The third kappa shape index (κ3) is 3.55. The first-order chi connectivity index (χ1) is 9.00. The molecular weight excluding hydrogens is 260 g/mol. The molecular formula is C14H22N2O2S. The van der Waals surface area contributed by atoms with Crippen LogP contribution in [0.3, 0.4) is 0 Å². The van der Waals surface area contributed by atoms with Gasteiger partial charge < -0.3 is 5.32 Å². The van der Waals surface area contributed by atoms with E-state index in [9.17, 15) is 8.42 Å². The molecule has 1 aliphatic rings. The lowest BCUT2D eigenvalue weighted by atomic mass is 10.1. The van der Waals surface area contributed by atoms with Gasteiger partial charge in [0.1, 0.15) is 0 Å². The smallest absolute Gasteiger partial charge is 0.218 e. The van der Waals surface area contributed by atoms with Crippen LogP contribution in [0.4, 0.5) is 0 Å². The van der Waals surface area contributed by atoms with Gasteiger partial charge in [-0.15, -0.1) is 0 Å². The average molecular weight is 282 g/mol. The quantitative estimate of drug-likeness (QED) is 0.910. The Hall–Kier alpha value is -0.910. The minimum absolute atomic E-state index is 0.281. The summed E-state index contributed by atoms with van der Waals surface area (Å²) in [5.41, 5.74) is 2.19. The predicted molar refractivity (Wildman–Crippen MR) is 77.5 cm³/mol. The molecule has 1 atom stereocenters. The van der Waals surface area contributed by atoms with Gasteiger partial charge >= 0.3 is 0 Å². The molecule has 106 valence electrons. The van der Waals surface area contributed by atoms with E-state index < -0.39 is 10.0 Å². The Labute approximate surface area is 115 Å². The van der Waals surface area contributed by atoms with Gasteiger partial charge in [0.2, 0.25) is 10.0 Å². The van der Waals surface area contributed by atoms with Crippen molar-refractivity contribution in [3.8, 4) is 0 Å². The number of nitrogens with one attached hydrogen (secondary N) is 1. The lowest BCUT2D eigenvalue weighted by Crippen LogP contribution is -2.44. The summed E-state index contributed by atoms with van der Waals surface area (Å²) < 4.78 is 26.4. The van der Waals surface area contributed by atoms with Gasteiger partial charge in [-0.3, -0.25) is 0 Å². The predicted octanol–water partition coefficient (Wildman–Crippen LogP) is 1.51. The number of nitrogens with zero attached hydrogens (tertiary/aromatic N) is 1. The summed E-state index contributed by atoms with van der Waals surface area (Å²) in [4.78, 5) is 0. The summed E-state index contributed by atoms with van der Waals surface area (Å²) in [6, 6.07) is 7.99. The van der Waals surface area contributed by atoms with Gasteiger partial charge in [0.15, 0.2) is 0 Å². The lowest BCUT2D eigenvalue weighted by molar-refractivity contribution is 0.429. The Kier molecular flexibility index (Phi) is 4.60. The summed E-state index contributed by atoms with van der Waals surface area (Å²) in [7, 11) is -1.53. The van der Waals surface area contributed by atoms with Gasteiger partial charge in [-0.25, -0.2) is 12.7 Å². The molecule has 1 aromatic rings. The molecule has 0 saturated carbocycles. The number of hydrogen-bond donors (Lipinski definition) is 1. The van der Waals surface area contributed by atoms with Crippen LogP contribution in [0, 0.1) is 6.92 Å². The Balaban J connectivity index is 2.07. The van der Waals surface area contributed by atoms with Gasteiger partial charge in [-0.2, -0.15) is 0 Å². The lowest BCUT2D eigenvalue weighted by Gasteiger charge is -2.27.